The largest absolute Gasteiger partial charge is 0.411 e. The third-order valence-corrected chi connectivity index (χ3v) is 10.5. The van der Waals surface area contributed by atoms with Crippen molar-refractivity contribution in [2.45, 2.75) is 90.5 Å². The van der Waals surface area contributed by atoms with Gasteiger partial charge in [0.2, 0.25) is 0 Å². The first-order chi connectivity index (χ1) is 12.4. The van der Waals surface area contributed by atoms with Crippen LogP contribution in [0, 0.1) is 5.92 Å². The summed E-state index contributed by atoms with van der Waals surface area (Å²) in [5.41, 5.74) is 0.136. The Kier molecular flexibility index (Phi) is 8.70. The van der Waals surface area contributed by atoms with E-state index in [1.807, 2.05) is 44.2 Å². The quantitative estimate of drug-likeness (QED) is 0.560. The lowest BCUT2D eigenvalue weighted by molar-refractivity contribution is -0.189. The van der Waals surface area contributed by atoms with Crippen LogP contribution in [0.1, 0.15) is 53.5 Å². The Morgan fingerprint density at radius 3 is 2.07 bits per heavy atom. The number of hydrogen-bond donors (Lipinski definition) is 2. The molecule has 0 saturated carbocycles. The fraction of sp³-hybridized carbons (Fsp3) is 0.727. The van der Waals surface area contributed by atoms with Crippen LogP contribution < -0.4 is 0 Å². The molecule has 2 N–H and O–H groups in total. The van der Waals surface area contributed by atoms with Gasteiger partial charge in [-0.05, 0) is 37.0 Å². The van der Waals surface area contributed by atoms with Gasteiger partial charge in [-0.2, -0.15) is 0 Å². The van der Waals surface area contributed by atoms with Crippen LogP contribution in [0.15, 0.2) is 30.3 Å². The smallest absolute Gasteiger partial charge is 0.192 e. The highest BCUT2D eigenvalue weighted by Gasteiger charge is 2.48. The van der Waals surface area contributed by atoms with E-state index in [0.29, 0.717) is 6.61 Å². The second-order valence-electron chi connectivity index (χ2n) is 9.34. The molecule has 4 atom stereocenters. The highest BCUT2D eigenvalue weighted by atomic mass is 28.4. The van der Waals surface area contributed by atoms with Crippen molar-refractivity contribution in [3.8, 4) is 0 Å². The van der Waals surface area contributed by atoms with Crippen molar-refractivity contribution in [1.29, 1.82) is 0 Å². The first-order valence-corrected chi connectivity index (χ1v) is 12.9. The molecule has 0 heterocycles. The topological polar surface area (TPSA) is 58.9 Å². The minimum absolute atomic E-state index is 0.0638. The molecule has 0 aliphatic heterocycles. The van der Waals surface area contributed by atoms with E-state index in [-0.39, 0.29) is 23.7 Å². The summed E-state index contributed by atoms with van der Waals surface area (Å²) in [5.74, 6) is -0.303. The van der Waals surface area contributed by atoms with Crippen molar-refractivity contribution in [2.75, 3.05) is 6.61 Å². The standard InChI is InChI=1S/C22H40O4Si/c1-9-19(26-27(7,8)21(3,4)5)22(6,20(24)17(2)15-23)25-16-18-13-11-10-12-14-18/h10-14,17,19-20,23-24H,9,15-16H2,1-8H3/t17-,19+,20+,22+/m0/s1. The first-order valence-electron chi connectivity index (χ1n) is 10.0. The molecule has 0 amide bonds. The van der Waals surface area contributed by atoms with Crippen LogP contribution in [0.25, 0.3) is 0 Å². The minimum Gasteiger partial charge on any atom is -0.411 e. The van der Waals surface area contributed by atoms with E-state index >= 15 is 0 Å². The number of aliphatic hydroxyl groups excluding tert-OH is 2. The molecule has 1 rings (SSSR count). The van der Waals surface area contributed by atoms with E-state index in [1.54, 1.807) is 0 Å². The predicted octanol–water partition coefficient (Wildman–Crippen LogP) is 4.75. The van der Waals surface area contributed by atoms with Crippen LogP contribution in [0.3, 0.4) is 0 Å². The van der Waals surface area contributed by atoms with Gasteiger partial charge in [0.05, 0.1) is 18.8 Å². The summed E-state index contributed by atoms with van der Waals surface area (Å²) >= 11 is 0. The molecule has 27 heavy (non-hydrogen) atoms. The van der Waals surface area contributed by atoms with E-state index in [1.165, 1.54) is 0 Å². The molecular weight excluding hydrogens is 356 g/mol. The molecule has 156 valence electrons. The lowest BCUT2D eigenvalue weighted by Gasteiger charge is -2.47. The van der Waals surface area contributed by atoms with E-state index < -0.39 is 20.0 Å². The molecule has 0 spiro atoms. The SMILES string of the molecule is CC[C@@H](O[Si](C)(C)C(C)(C)C)[C@@](C)(OCc1ccccc1)[C@H](O)[C@@H](C)CO. The molecule has 0 bridgehead atoms. The molecule has 4 nitrogen and oxygen atoms in total. The summed E-state index contributed by atoms with van der Waals surface area (Å²) in [6.07, 6.45) is -0.362. The molecule has 0 aliphatic carbocycles. The Balaban J connectivity index is 3.16. The lowest BCUT2D eigenvalue weighted by atomic mass is 9.84. The van der Waals surface area contributed by atoms with Gasteiger partial charge >= 0.3 is 0 Å². The monoisotopic (exact) mass is 396 g/mol. The molecule has 0 radical (unpaired) electrons. The molecule has 5 heteroatoms. The van der Waals surface area contributed by atoms with Gasteiger partial charge < -0.3 is 19.4 Å². The molecule has 0 aliphatic rings. The summed E-state index contributed by atoms with van der Waals surface area (Å²) in [7, 11) is -2.05. The van der Waals surface area contributed by atoms with Gasteiger partial charge in [0.1, 0.15) is 5.60 Å². The van der Waals surface area contributed by atoms with Crippen LogP contribution in [-0.2, 0) is 15.8 Å². The number of hydrogen-bond acceptors (Lipinski definition) is 4. The Morgan fingerprint density at radius 1 is 1.07 bits per heavy atom. The number of aliphatic hydroxyl groups is 2. The molecule has 1 aromatic rings. The van der Waals surface area contributed by atoms with Gasteiger partial charge in [0.25, 0.3) is 0 Å². The minimum atomic E-state index is -2.05. The van der Waals surface area contributed by atoms with Gasteiger partial charge in [0, 0.05) is 12.5 Å². The summed E-state index contributed by atoms with van der Waals surface area (Å²) in [6.45, 7) is 17.2. The summed E-state index contributed by atoms with van der Waals surface area (Å²) < 4.78 is 13.0. The Morgan fingerprint density at radius 2 is 1.63 bits per heavy atom. The third-order valence-electron chi connectivity index (χ3n) is 6.06. The second-order valence-corrected chi connectivity index (χ2v) is 14.1. The van der Waals surface area contributed by atoms with Crippen molar-refractivity contribution in [3.63, 3.8) is 0 Å². The van der Waals surface area contributed by atoms with Crippen molar-refractivity contribution < 1.29 is 19.4 Å². The van der Waals surface area contributed by atoms with E-state index in [0.717, 1.165) is 12.0 Å². The molecule has 0 saturated heterocycles. The molecule has 0 aromatic heterocycles. The fourth-order valence-corrected chi connectivity index (χ4v) is 4.45. The second kappa shape index (κ2) is 9.66. The maximum absolute atomic E-state index is 11.1. The predicted molar refractivity (Wildman–Crippen MR) is 114 cm³/mol. The Labute approximate surface area is 167 Å². The molecule has 0 unspecified atom stereocenters. The molecule has 0 fully saturated rings. The van der Waals surface area contributed by atoms with Crippen LogP contribution in [0.2, 0.25) is 18.1 Å². The highest BCUT2D eigenvalue weighted by Crippen LogP contribution is 2.41. The van der Waals surface area contributed by atoms with E-state index in [9.17, 15) is 10.2 Å². The lowest BCUT2D eigenvalue weighted by Crippen LogP contribution is -2.59. The number of ether oxygens (including phenoxy) is 1. The van der Waals surface area contributed by atoms with Crippen molar-refractivity contribution in [1.82, 2.24) is 0 Å². The van der Waals surface area contributed by atoms with E-state index in [2.05, 4.69) is 40.8 Å². The molecule has 1 aromatic carbocycles. The van der Waals surface area contributed by atoms with Crippen molar-refractivity contribution in [2.24, 2.45) is 5.92 Å². The van der Waals surface area contributed by atoms with Crippen LogP contribution in [0.5, 0.6) is 0 Å². The van der Waals surface area contributed by atoms with Gasteiger partial charge in [-0.25, -0.2) is 0 Å². The average molecular weight is 397 g/mol. The fourth-order valence-electron chi connectivity index (χ4n) is 2.98. The van der Waals surface area contributed by atoms with Gasteiger partial charge in [-0.15, -0.1) is 0 Å². The zero-order chi connectivity index (χ0) is 20.9. The zero-order valence-corrected chi connectivity index (χ0v) is 19.5. The first kappa shape index (κ1) is 24.3. The summed E-state index contributed by atoms with van der Waals surface area (Å²) in [5, 5.41) is 20.8. The highest BCUT2D eigenvalue weighted by molar-refractivity contribution is 6.74. The summed E-state index contributed by atoms with van der Waals surface area (Å²) in [6, 6.07) is 9.95. The van der Waals surface area contributed by atoms with Crippen LogP contribution in [-0.4, -0.2) is 42.9 Å². The van der Waals surface area contributed by atoms with Crippen molar-refractivity contribution >= 4 is 8.32 Å². The van der Waals surface area contributed by atoms with E-state index in [4.69, 9.17) is 9.16 Å². The summed E-state index contributed by atoms with van der Waals surface area (Å²) in [4.78, 5) is 0. The normalized spacial score (nSPS) is 18.6. The average Bonchev–Trinajstić information content (AvgIpc) is 2.62. The Hall–Kier alpha value is -0.723. The maximum Gasteiger partial charge on any atom is 0.192 e. The number of rotatable bonds is 10. The van der Waals surface area contributed by atoms with Crippen LogP contribution >= 0.6 is 0 Å². The van der Waals surface area contributed by atoms with Crippen molar-refractivity contribution in [3.05, 3.63) is 35.9 Å². The van der Waals surface area contributed by atoms with Gasteiger partial charge in [-0.3, -0.25) is 0 Å². The number of benzene rings is 1. The molecular formula is C22H40O4Si. The Bertz CT molecular complexity index is 555. The van der Waals surface area contributed by atoms with Gasteiger partial charge in [0.15, 0.2) is 8.32 Å². The zero-order valence-electron chi connectivity index (χ0n) is 18.5. The van der Waals surface area contributed by atoms with Gasteiger partial charge in [-0.1, -0.05) is 65.0 Å². The maximum atomic E-state index is 11.1. The third kappa shape index (κ3) is 6.13. The van der Waals surface area contributed by atoms with Crippen LogP contribution in [0.4, 0.5) is 0 Å².